The molecule has 8 heteroatoms. The topological polar surface area (TPSA) is 64.3 Å². The van der Waals surface area contributed by atoms with Crippen LogP contribution in [-0.4, -0.2) is 26.0 Å². The van der Waals surface area contributed by atoms with E-state index in [1.807, 2.05) is 0 Å². The number of anilines is 1. The number of hydrogen-bond acceptors (Lipinski definition) is 5. The van der Waals surface area contributed by atoms with Gasteiger partial charge in [0.2, 0.25) is 11.9 Å². The summed E-state index contributed by atoms with van der Waals surface area (Å²) in [6, 6.07) is 6.14. The summed E-state index contributed by atoms with van der Waals surface area (Å²) in [6.45, 7) is 0.828. The summed E-state index contributed by atoms with van der Waals surface area (Å²) in [5.41, 5.74) is 3.60. The number of ether oxygens (including phenoxy) is 1. The maximum absolute atomic E-state index is 14.3. The highest BCUT2D eigenvalue weighted by atomic mass is 19.1. The third kappa shape index (κ3) is 2.74. The summed E-state index contributed by atoms with van der Waals surface area (Å²) < 4.78 is 35.1. The second-order valence-corrected chi connectivity index (χ2v) is 6.47. The van der Waals surface area contributed by atoms with Crippen LogP contribution in [0.5, 0.6) is 5.75 Å². The zero-order valence-electron chi connectivity index (χ0n) is 14.7. The summed E-state index contributed by atoms with van der Waals surface area (Å²) >= 11 is 0. The molecule has 140 valence electrons. The van der Waals surface area contributed by atoms with Crippen molar-refractivity contribution in [2.24, 2.45) is 0 Å². The van der Waals surface area contributed by atoms with Gasteiger partial charge in [0.05, 0.1) is 18.3 Å². The highest BCUT2D eigenvalue weighted by Crippen LogP contribution is 2.31. The minimum Gasteiger partial charge on any atom is -0.493 e. The predicted molar refractivity (Wildman–Crippen MR) is 99.1 cm³/mol. The van der Waals surface area contributed by atoms with Crippen molar-refractivity contribution in [3.05, 3.63) is 72.1 Å². The van der Waals surface area contributed by atoms with Gasteiger partial charge in [0.1, 0.15) is 17.9 Å². The summed E-state index contributed by atoms with van der Waals surface area (Å²) in [5, 5.41) is 3.18. The van der Waals surface area contributed by atoms with Crippen molar-refractivity contribution in [1.82, 2.24) is 19.4 Å². The Balaban J connectivity index is 1.50. The van der Waals surface area contributed by atoms with Crippen LogP contribution in [0, 0.1) is 11.8 Å². The Morgan fingerprint density at radius 2 is 2.07 bits per heavy atom. The Bertz CT molecular complexity index is 1190. The molecule has 5 rings (SSSR count). The van der Waals surface area contributed by atoms with Gasteiger partial charge in [-0.2, -0.15) is 4.39 Å². The Morgan fingerprint density at radius 1 is 1.14 bits per heavy atom. The molecule has 0 bridgehead atoms. The van der Waals surface area contributed by atoms with E-state index in [2.05, 4.69) is 20.3 Å². The molecule has 1 N–H and O–H groups in total. The van der Waals surface area contributed by atoms with Crippen molar-refractivity contribution >= 4 is 11.5 Å². The largest absolute Gasteiger partial charge is 0.493 e. The number of aromatic nitrogens is 4. The number of pyridine rings is 1. The van der Waals surface area contributed by atoms with Crippen molar-refractivity contribution in [3.63, 3.8) is 0 Å². The van der Waals surface area contributed by atoms with Gasteiger partial charge in [-0.25, -0.2) is 19.3 Å². The molecule has 1 aliphatic heterocycles. The number of imidazole rings is 1. The molecule has 0 radical (unpaired) electrons. The van der Waals surface area contributed by atoms with Gasteiger partial charge in [-0.15, -0.1) is 0 Å². The Labute approximate surface area is 158 Å². The van der Waals surface area contributed by atoms with E-state index < -0.39 is 5.95 Å². The maximum atomic E-state index is 14.3. The van der Waals surface area contributed by atoms with Crippen LogP contribution in [0.25, 0.3) is 16.6 Å². The molecule has 0 saturated heterocycles. The lowest BCUT2D eigenvalue weighted by Crippen LogP contribution is -2.09. The molecule has 0 aliphatic carbocycles. The second kappa shape index (κ2) is 6.56. The molecule has 0 spiro atoms. The number of nitrogens with zero attached hydrogens (tertiary/aromatic N) is 4. The number of benzene rings is 1. The summed E-state index contributed by atoms with van der Waals surface area (Å²) in [6.07, 6.45) is 7.02. The Kier molecular flexibility index (Phi) is 3.89. The average molecular weight is 379 g/mol. The molecule has 0 saturated carbocycles. The first kappa shape index (κ1) is 16.6. The first-order valence-corrected chi connectivity index (χ1v) is 8.80. The molecule has 6 nitrogen and oxygen atoms in total. The fourth-order valence-electron chi connectivity index (χ4n) is 3.51. The lowest BCUT2D eigenvalue weighted by molar-refractivity contribution is 0.356. The maximum Gasteiger partial charge on any atom is 0.213 e. The standard InChI is InChI=1S/C20H15F2N5O/c21-16-1-2-18-13(4-6-28-18)15(16)9-26-20-25-8-14(17-10-23-11-27(17)20)12-3-5-24-19(22)7-12/h1-3,5,7-8,10-11H,4,6,9H2,(H,25,26). The van der Waals surface area contributed by atoms with Gasteiger partial charge >= 0.3 is 0 Å². The molecule has 1 aliphatic rings. The molecule has 28 heavy (non-hydrogen) atoms. The summed E-state index contributed by atoms with van der Waals surface area (Å²) in [4.78, 5) is 12.2. The van der Waals surface area contributed by atoms with Crippen LogP contribution in [-0.2, 0) is 13.0 Å². The second-order valence-electron chi connectivity index (χ2n) is 6.47. The molecule has 3 aromatic heterocycles. The van der Waals surface area contributed by atoms with Crippen molar-refractivity contribution in [3.8, 4) is 16.9 Å². The summed E-state index contributed by atoms with van der Waals surface area (Å²) in [5.74, 6) is 0.409. The number of hydrogen-bond donors (Lipinski definition) is 1. The normalized spacial score (nSPS) is 12.8. The highest BCUT2D eigenvalue weighted by Gasteiger charge is 2.20. The van der Waals surface area contributed by atoms with Gasteiger partial charge in [0.15, 0.2) is 0 Å². The number of rotatable bonds is 4. The number of halogens is 2. The lowest BCUT2D eigenvalue weighted by Gasteiger charge is -2.13. The Morgan fingerprint density at radius 3 is 2.96 bits per heavy atom. The monoisotopic (exact) mass is 379 g/mol. The SMILES string of the molecule is Fc1cc(-c2cnc(NCc3c(F)ccc4c3CCO4)n3cncc23)ccn1. The molecule has 4 aromatic rings. The average Bonchev–Trinajstić information content (AvgIpc) is 3.36. The van der Waals surface area contributed by atoms with E-state index in [0.29, 0.717) is 30.1 Å². The Hall–Kier alpha value is -3.55. The zero-order chi connectivity index (χ0) is 19.1. The van der Waals surface area contributed by atoms with Crippen molar-refractivity contribution in [1.29, 1.82) is 0 Å². The van der Waals surface area contributed by atoms with E-state index in [-0.39, 0.29) is 12.4 Å². The van der Waals surface area contributed by atoms with Gasteiger partial charge < -0.3 is 10.1 Å². The van der Waals surface area contributed by atoms with Crippen LogP contribution in [0.2, 0.25) is 0 Å². The number of fused-ring (bicyclic) bond motifs is 2. The van der Waals surface area contributed by atoms with Gasteiger partial charge in [-0.05, 0) is 23.8 Å². The van der Waals surface area contributed by atoms with Crippen molar-refractivity contribution < 1.29 is 13.5 Å². The predicted octanol–water partition coefficient (Wildman–Crippen LogP) is 3.62. The first-order chi connectivity index (χ1) is 13.7. The third-order valence-electron chi connectivity index (χ3n) is 4.86. The van der Waals surface area contributed by atoms with Gasteiger partial charge in [-0.1, -0.05) is 0 Å². The van der Waals surface area contributed by atoms with Crippen LogP contribution in [0.3, 0.4) is 0 Å². The van der Waals surface area contributed by atoms with Gasteiger partial charge in [0.25, 0.3) is 0 Å². The van der Waals surface area contributed by atoms with Crippen LogP contribution >= 0.6 is 0 Å². The zero-order valence-corrected chi connectivity index (χ0v) is 14.7. The fraction of sp³-hybridized carbons (Fsp3) is 0.150. The van der Waals surface area contributed by atoms with E-state index in [1.165, 1.54) is 18.3 Å². The van der Waals surface area contributed by atoms with Crippen LogP contribution in [0.4, 0.5) is 14.7 Å². The molecule has 1 aromatic carbocycles. The molecule has 0 atom stereocenters. The number of nitrogens with one attached hydrogen (secondary N) is 1. The minimum atomic E-state index is -0.562. The van der Waals surface area contributed by atoms with Crippen LogP contribution in [0.15, 0.2) is 49.2 Å². The van der Waals surface area contributed by atoms with Crippen molar-refractivity contribution in [2.75, 3.05) is 11.9 Å². The molecular weight excluding hydrogens is 364 g/mol. The molecule has 0 unspecified atom stereocenters. The quantitative estimate of drug-likeness (QED) is 0.549. The van der Waals surface area contributed by atoms with E-state index in [9.17, 15) is 8.78 Å². The van der Waals surface area contributed by atoms with E-state index in [4.69, 9.17) is 4.74 Å². The van der Waals surface area contributed by atoms with Crippen LogP contribution in [0.1, 0.15) is 11.1 Å². The smallest absolute Gasteiger partial charge is 0.213 e. The fourth-order valence-corrected chi connectivity index (χ4v) is 3.51. The van der Waals surface area contributed by atoms with Gasteiger partial charge in [0, 0.05) is 48.1 Å². The van der Waals surface area contributed by atoms with Crippen LogP contribution < -0.4 is 10.1 Å². The summed E-state index contributed by atoms with van der Waals surface area (Å²) in [7, 11) is 0. The van der Waals surface area contributed by atoms with Gasteiger partial charge in [-0.3, -0.25) is 4.40 Å². The van der Waals surface area contributed by atoms with E-state index in [0.717, 1.165) is 22.4 Å². The highest BCUT2D eigenvalue weighted by molar-refractivity contribution is 5.80. The first-order valence-electron chi connectivity index (χ1n) is 8.80. The van der Waals surface area contributed by atoms with E-state index >= 15 is 0 Å². The third-order valence-corrected chi connectivity index (χ3v) is 4.86. The van der Waals surface area contributed by atoms with Crippen molar-refractivity contribution in [2.45, 2.75) is 13.0 Å². The van der Waals surface area contributed by atoms with E-state index in [1.54, 1.807) is 35.3 Å². The molecule has 0 amide bonds. The minimum absolute atomic E-state index is 0.266. The molecule has 4 heterocycles. The molecular formula is C20H15F2N5O. The lowest BCUT2D eigenvalue weighted by atomic mass is 10.0. The molecule has 0 fully saturated rings.